The van der Waals surface area contributed by atoms with E-state index >= 15 is 0 Å². The van der Waals surface area contributed by atoms with Gasteiger partial charge in [0.1, 0.15) is 0 Å². The van der Waals surface area contributed by atoms with E-state index in [4.69, 9.17) is 0 Å². The first-order valence-electron chi connectivity index (χ1n) is 6.74. The number of hydrogen-bond acceptors (Lipinski definition) is 2. The Hall–Kier alpha value is -0.340. The van der Waals surface area contributed by atoms with Crippen molar-refractivity contribution in [2.75, 3.05) is 26.2 Å². The molecule has 0 aromatic carbocycles. The van der Waals surface area contributed by atoms with Gasteiger partial charge < -0.3 is 5.32 Å². The summed E-state index contributed by atoms with van der Waals surface area (Å²) in [5, 5.41) is 3.43. The third kappa shape index (κ3) is 4.67. The molecule has 2 heteroatoms. The van der Waals surface area contributed by atoms with Gasteiger partial charge in [-0.25, -0.2) is 0 Å². The summed E-state index contributed by atoms with van der Waals surface area (Å²) in [5.74, 6) is 0.883. The SMILES string of the molecule is C=C(CC)CN(CC1CCNCC1)C(C)C. The molecule has 1 N–H and O–H groups in total. The highest BCUT2D eigenvalue weighted by Gasteiger charge is 2.18. The van der Waals surface area contributed by atoms with E-state index in [1.165, 1.54) is 38.0 Å². The second-order valence-corrected chi connectivity index (χ2v) is 5.32. The average molecular weight is 224 g/mol. The molecule has 1 fully saturated rings. The van der Waals surface area contributed by atoms with Gasteiger partial charge in [0.25, 0.3) is 0 Å². The molecule has 0 aromatic rings. The second kappa shape index (κ2) is 7.08. The second-order valence-electron chi connectivity index (χ2n) is 5.32. The molecule has 0 aromatic heterocycles. The minimum Gasteiger partial charge on any atom is -0.317 e. The van der Waals surface area contributed by atoms with Crippen LogP contribution in [0.15, 0.2) is 12.2 Å². The standard InChI is InChI=1S/C14H28N2/c1-5-13(4)10-16(12(2)3)11-14-6-8-15-9-7-14/h12,14-15H,4-11H2,1-3H3. The monoisotopic (exact) mass is 224 g/mol. The van der Waals surface area contributed by atoms with E-state index < -0.39 is 0 Å². The van der Waals surface area contributed by atoms with Gasteiger partial charge in [0.05, 0.1) is 0 Å². The zero-order valence-corrected chi connectivity index (χ0v) is 11.3. The quantitative estimate of drug-likeness (QED) is 0.698. The smallest absolute Gasteiger partial charge is 0.0192 e. The molecule has 1 aliphatic rings. The van der Waals surface area contributed by atoms with Crippen molar-refractivity contribution in [3.63, 3.8) is 0 Å². The lowest BCUT2D eigenvalue weighted by Gasteiger charge is -2.33. The first-order chi connectivity index (χ1) is 7.63. The summed E-state index contributed by atoms with van der Waals surface area (Å²) < 4.78 is 0. The van der Waals surface area contributed by atoms with Gasteiger partial charge in [-0.15, -0.1) is 0 Å². The van der Waals surface area contributed by atoms with Gasteiger partial charge in [-0.05, 0) is 52.1 Å². The minimum atomic E-state index is 0.637. The summed E-state index contributed by atoms with van der Waals surface area (Å²) in [4.78, 5) is 2.59. The number of rotatable bonds is 6. The Kier molecular flexibility index (Phi) is 6.07. The predicted molar refractivity (Wildman–Crippen MR) is 71.7 cm³/mol. The van der Waals surface area contributed by atoms with Gasteiger partial charge in [-0.2, -0.15) is 0 Å². The van der Waals surface area contributed by atoms with Crippen LogP contribution in [0, 0.1) is 5.92 Å². The molecule has 0 aliphatic carbocycles. The van der Waals surface area contributed by atoms with Gasteiger partial charge >= 0.3 is 0 Å². The normalized spacial score (nSPS) is 18.3. The molecule has 1 saturated heterocycles. The fraction of sp³-hybridized carbons (Fsp3) is 0.857. The van der Waals surface area contributed by atoms with Crippen LogP contribution in [-0.4, -0.2) is 37.1 Å². The minimum absolute atomic E-state index is 0.637. The molecule has 0 atom stereocenters. The summed E-state index contributed by atoms with van der Waals surface area (Å²) >= 11 is 0. The zero-order valence-electron chi connectivity index (χ0n) is 11.3. The van der Waals surface area contributed by atoms with Crippen LogP contribution < -0.4 is 5.32 Å². The summed E-state index contributed by atoms with van der Waals surface area (Å²) in [6.07, 6.45) is 3.78. The van der Waals surface area contributed by atoms with E-state index in [9.17, 15) is 0 Å². The molecule has 0 bridgehead atoms. The Bertz CT molecular complexity index is 205. The van der Waals surface area contributed by atoms with Crippen LogP contribution in [0.4, 0.5) is 0 Å². The Balaban J connectivity index is 2.40. The van der Waals surface area contributed by atoms with Crippen molar-refractivity contribution in [3.05, 3.63) is 12.2 Å². The molecule has 1 rings (SSSR count). The van der Waals surface area contributed by atoms with Crippen molar-refractivity contribution < 1.29 is 0 Å². The number of hydrogen-bond donors (Lipinski definition) is 1. The van der Waals surface area contributed by atoms with E-state index in [2.05, 4.69) is 37.6 Å². The van der Waals surface area contributed by atoms with Crippen molar-refractivity contribution in [2.45, 2.75) is 46.1 Å². The lowest BCUT2D eigenvalue weighted by molar-refractivity contribution is 0.181. The molecule has 0 radical (unpaired) electrons. The summed E-state index contributed by atoms with van der Waals surface area (Å²) in [5.41, 5.74) is 1.36. The van der Waals surface area contributed by atoms with Crippen molar-refractivity contribution in [1.82, 2.24) is 10.2 Å². The lowest BCUT2D eigenvalue weighted by atomic mass is 9.96. The molecule has 0 amide bonds. The van der Waals surface area contributed by atoms with Crippen LogP contribution in [-0.2, 0) is 0 Å². The maximum atomic E-state index is 4.13. The number of nitrogens with one attached hydrogen (secondary N) is 1. The topological polar surface area (TPSA) is 15.3 Å². The molecule has 0 spiro atoms. The van der Waals surface area contributed by atoms with Crippen LogP contribution in [0.5, 0.6) is 0 Å². The molecular formula is C14H28N2. The third-order valence-electron chi connectivity index (χ3n) is 3.61. The van der Waals surface area contributed by atoms with E-state index in [1.807, 2.05) is 0 Å². The molecule has 94 valence electrons. The highest BCUT2D eigenvalue weighted by molar-refractivity contribution is 4.96. The van der Waals surface area contributed by atoms with Gasteiger partial charge in [-0.3, -0.25) is 4.90 Å². The molecule has 0 unspecified atom stereocenters. The summed E-state index contributed by atoms with van der Waals surface area (Å²) in [6.45, 7) is 15.7. The Morgan fingerprint density at radius 2 is 2.00 bits per heavy atom. The highest BCUT2D eigenvalue weighted by atomic mass is 15.1. The third-order valence-corrected chi connectivity index (χ3v) is 3.61. The Morgan fingerprint density at radius 3 is 2.50 bits per heavy atom. The first kappa shape index (κ1) is 13.7. The van der Waals surface area contributed by atoms with Crippen LogP contribution in [0.2, 0.25) is 0 Å². The van der Waals surface area contributed by atoms with E-state index in [1.54, 1.807) is 0 Å². The van der Waals surface area contributed by atoms with Crippen molar-refractivity contribution in [1.29, 1.82) is 0 Å². The lowest BCUT2D eigenvalue weighted by Crippen LogP contribution is -2.40. The average Bonchev–Trinajstić information content (AvgIpc) is 2.29. The molecule has 2 nitrogen and oxygen atoms in total. The van der Waals surface area contributed by atoms with Crippen LogP contribution in [0.1, 0.15) is 40.0 Å². The van der Waals surface area contributed by atoms with Gasteiger partial charge in [-0.1, -0.05) is 19.1 Å². The largest absolute Gasteiger partial charge is 0.317 e. The van der Waals surface area contributed by atoms with Gasteiger partial charge in [0.2, 0.25) is 0 Å². The van der Waals surface area contributed by atoms with E-state index in [-0.39, 0.29) is 0 Å². The zero-order chi connectivity index (χ0) is 12.0. The van der Waals surface area contributed by atoms with Gasteiger partial charge in [0, 0.05) is 19.1 Å². The Morgan fingerprint density at radius 1 is 1.38 bits per heavy atom. The van der Waals surface area contributed by atoms with Crippen molar-refractivity contribution >= 4 is 0 Å². The summed E-state index contributed by atoms with van der Waals surface area (Å²) in [6, 6.07) is 0.637. The van der Waals surface area contributed by atoms with Crippen molar-refractivity contribution in [2.24, 2.45) is 5.92 Å². The molecular weight excluding hydrogens is 196 g/mol. The number of nitrogens with zero attached hydrogens (tertiary/aromatic N) is 1. The Labute approximate surface area is 101 Å². The van der Waals surface area contributed by atoms with Crippen LogP contribution >= 0.6 is 0 Å². The molecule has 1 aliphatic heterocycles. The first-order valence-corrected chi connectivity index (χ1v) is 6.74. The fourth-order valence-corrected chi connectivity index (χ4v) is 2.25. The number of piperidine rings is 1. The van der Waals surface area contributed by atoms with Crippen LogP contribution in [0.3, 0.4) is 0 Å². The van der Waals surface area contributed by atoms with Gasteiger partial charge in [0.15, 0.2) is 0 Å². The predicted octanol–water partition coefficient (Wildman–Crippen LogP) is 2.66. The van der Waals surface area contributed by atoms with Crippen molar-refractivity contribution in [3.8, 4) is 0 Å². The van der Waals surface area contributed by atoms with E-state index in [0.29, 0.717) is 6.04 Å². The molecule has 0 saturated carbocycles. The maximum Gasteiger partial charge on any atom is 0.0192 e. The maximum absolute atomic E-state index is 4.13. The molecule has 16 heavy (non-hydrogen) atoms. The van der Waals surface area contributed by atoms with Crippen LogP contribution in [0.25, 0.3) is 0 Å². The summed E-state index contributed by atoms with van der Waals surface area (Å²) in [7, 11) is 0. The van der Waals surface area contributed by atoms with E-state index in [0.717, 1.165) is 18.9 Å². The highest BCUT2D eigenvalue weighted by Crippen LogP contribution is 2.16. The molecule has 1 heterocycles. The fourth-order valence-electron chi connectivity index (χ4n) is 2.25.